The molecule has 1 rings (SSSR count). The van der Waals surface area contributed by atoms with Crippen LogP contribution in [-0.2, 0) is 6.42 Å². The van der Waals surface area contributed by atoms with Crippen molar-refractivity contribution >= 4 is 22.9 Å². The molecule has 0 fully saturated rings. The highest BCUT2D eigenvalue weighted by Gasteiger charge is 2.06. The van der Waals surface area contributed by atoms with Gasteiger partial charge in [0.05, 0.1) is 0 Å². The molecule has 0 spiro atoms. The van der Waals surface area contributed by atoms with Gasteiger partial charge in [-0.3, -0.25) is 0 Å². The smallest absolute Gasteiger partial charge is 0.233 e. The molecule has 1 heterocycles. The third kappa shape index (κ3) is 2.19. The minimum Gasteiger partial charge on any atom is -0.233 e. The molecule has 1 nitrogen and oxygen atoms in total. The zero-order valence-electron chi connectivity index (χ0n) is 4.85. The second kappa shape index (κ2) is 3.25. The third-order valence-electron chi connectivity index (χ3n) is 0.881. The van der Waals surface area contributed by atoms with Gasteiger partial charge in [-0.15, -0.1) is 11.3 Å². The molecule has 0 saturated carbocycles. The van der Waals surface area contributed by atoms with Gasteiger partial charge < -0.3 is 0 Å². The van der Waals surface area contributed by atoms with Gasteiger partial charge in [-0.1, -0.05) is 11.6 Å². The van der Waals surface area contributed by atoms with E-state index in [1.807, 2.05) is 0 Å². The van der Waals surface area contributed by atoms with Crippen LogP contribution < -0.4 is 0 Å². The van der Waals surface area contributed by atoms with Crippen molar-refractivity contribution in [3.63, 3.8) is 0 Å². The summed E-state index contributed by atoms with van der Waals surface area (Å²) in [6, 6.07) is 0. The number of halogens is 3. The zero-order valence-corrected chi connectivity index (χ0v) is 6.42. The first-order valence-corrected chi connectivity index (χ1v) is 3.76. The minimum absolute atomic E-state index is 0.246. The van der Waals surface area contributed by atoms with Crippen LogP contribution in [0.5, 0.6) is 0 Å². The van der Waals surface area contributed by atoms with Gasteiger partial charge in [0, 0.05) is 17.5 Å². The fraction of sp³-hybridized carbons (Fsp3) is 0.400. The number of hydrogen-bond acceptors (Lipinski definition) is 2. The predicted molar refractivity (Wildman–Crippen MR) is 36.8 cm³/mol. The van der Waals surface area contributed by atoms with Crippen molar-refractivity contribution in [3.8, 4) is 0 Å². The predicted octanol–water partition coefficient (Wildman–Crippen LogP) is 2.60. The van der Waals surface area contributed by atoms with Crippen molar-refractivity contribution in [1.82, 2.24) is 4.98 Å². The molecule has 0 saturated heterocycles. The van der Waals surface area contributed by atoms with Crippen molar-refractivity contribution < 1.29 is 8.78 Å². The van der Waals surface area contributed by atoms with Crippen LogP contribution in [0.15, 0.2) is 6.20 Å². The fourth-order valence-corrected chi connectivity index (χ4v) is 1.51. The Morgan fingerprint density at radius 3 is 2.80 bits per heavy atom. The Morgan fingerprint density at radius 2 is 2.40 bits per heavy atom. The summed E-state index contributed by atoms with van der Waals surface area (Å²) in [6.07, 6.45) is -1.18. The first-order chi connectivity index (χ1) is 4.68. The molecule has 0 amide bonds. The van der Waals surface area contributed by atoms with E-state index in [0.717, 1.165) is 11.3 Å². The number of nitrogens with zero attached hydrogens (tertiary/aromatic N) is 1. The molecule has 0 N–H and O–H groups in total. The molecule has 1 aromatic rings. The van der Waals surface area contributed by atoms with E-state index in [1.165, 1.54) is 6.20 Å². The summed E-state index contributed by atoms with van der Waals surface area (Å²) in [6.45, 7) is 0. The van der Waals surface area contributed by atoms with Crippen LogP contribution in [-0.4, -0.2) is 11.4 Å². The molecule has 10 heavy (non-hydrogen) atoms. The summed E-state index contributed by atoms with van der Waals surface area (Å²) in [5.41, 5.74) is 0. The van der Waals surface area contributed by atoms with Gasteiger partial charge in [0.25, 0.3) is 0 Å². The van der Waals surface area contributed by atoms with Crippen LogP contribution in [0.3, 0.4) is 0 Å². The van der Waals surface area contributed by atoms with E-state index >= 15 is 0 Å². The number of hydrogen-bond donors (Lipinski definition) is 0. The van der Waals surface area contributed by atoms with E-state index in [-0.39, 0.29) is 6.42 Å². The second-order valence-corrected chi connectivity index (χ2v) is 3.37. The van der Waals surface area contributed by atoms with Gasteiger partial charge in [-0.25, -0.2) is 13.8 Å². The highest BCUT2D eigenvalue weighted by Crippen LogP contribution is 2.19. The van der Waals surface area contributed by atoms with Crippen LogP contribution in [0.4, 0.5) is 8.78 Å². The van der Waals surface area contributed by atoms with Crippen LogP contribution in [0.2, 0.25) is 4.47 Å². The minimum atomic E-state index is -2.31. The molecule has 56 valence electrons. The maximum atomic E-state index is 11.7. The monoisotopic (exact) mass is 183 g/mol. The van der Waals surface area contributed by atoms with E-state index < -0.39 is 6.43 Å². The second-order valence-electron chi connectivity index (χ2n) is 1.67. The number of thiazole rings is 1. The van der Waals surface area contributed by atoms with E-state index in [9.17, 15) is 8.78 Å². The van der Waals surface area contributed by atoms with E-state index in [0.29, 0.717) is 9.34 Å². The maximum Gasteiger partial charge on any atom is 0.243 e. The van der Waals surface area contributed by atoms with Crippen molar-refractivity contribution in [2.45, 2.75) is 12.8 Å². The topological polar surface area (TPSA) is 12.9 Å². The van der Waals surface area contributed by atoms with Gasteiger partial charge in [0.1, 0.15) is 0 Å². The van der Waals surface area contributed by atoms with Gasteiger partial charge in [0.2, 0.25) is 6.43 Å². The highest BCUT2D eigenvalue weighted by atomic mass is 35.5. The molecule has 0 radical (unpaired) electrons. The highest BCUT2D eigenvalue weighted by molar-refractivity contribution is 7.15. The van der Waals surface area contributed by atoms with Crippen molar-refractivity contribution in [2.24, 2.45) is 0 Å². The molecule has 5 heteroatoms. The van der Waals surface area contributed by atoms with Crippen LogP contribution in [0.1, 0.15) is 4.88 Å². The Labute approximate surface area is 65.7 Å². The average molecular weight is 184 g/mol. The molecular weight excluding hydrogens is 180 g/mol. The van der Waals surface area contributed by atoms with Crippen LogP contribution in [0, 0.1) is 0 Å². The molecule has 0 unspecified atom stereocenters. The Balaban J connectivity index is 2.58. The maximum absolute atomic E-state index is 11.7. The summed E-state index contributed by atoms with van der Waals surface area (Å²) in [4.78, 5) is 4.15. The molecule has 0 bridgehead atoms. The van der Waals surface area contributed by atoms with Crippen molar-refractivity contribution in [2.75, 3.05) is 0 Å². The first-order valence-electron chi connectivity index (χ1n) is 2.57. The lowest BCUT2D eigenvalue weighted by atomic mass is 10.4. The lowest BCUT2D eigenvalue weighted by Crippen LogP contribution is -1.92. The lowest BCUT2D eigenvalue weighted by Gasteiger charge is -1.90. The van der Waals surface area contributed by atoms with Gasteiger partial charge in [-0.2, -0.15) is 0 Å². The van der Waals surface area contributed by atoms with Gasteiger partial charge >= 0.3 is 0 Å². The normalized spacial score (nSPS) is 10.8. The Bertz CT molecular complexity index is 213. The van der Waals surface area contributed by atoms with E-state index in [1.54, 1.807) is 0 Å². The molecule has 0 atom stereocenters. The van der Waals surface area contributed by atoms with Gasteiger partial charge in [0.15, 0.2) is 4.47 Å². The molecule has 0 aromatic carbocycles. The number of rotatable bonds is 2. The summed E-state index contributed by atoms with van der Waals surface area (Å²) in [5, 5.41) is 0. The largest absolute Gasteiger partial charge is 0.243 e. The number of aromatic nitrogens is 1. The molecule has 0 aliphatic heterocycles. The van der Waals surface area contributed by atoms with E-state index in [4.69, 9.17) is 11.6 Å². The van der Waals surface area contributed by atoms with E-state index in [2.05, 4.69) is 4.98 Å². The average Bonchev–Trinajstić information content (AvgIpc) is 2.13. The summed E-state index contributed by atoms with van der Waals surface area (Å²) >= 11 is 6.50. The van der Waals surface area contributed by atoms with Crippen LogP contribution >= 0.6 is 22.9 Å². The lowest BCUT2D eigenvalue weighted by molar-refractivity contribution is 0.150. The zero-order chi connectivity index (χ0) is 7.56. The standard InChI is InChI=1S/C5H4ClF2NS/c6-5-9-2-3(10-5)1-4(7)8/h2,4H,1H2. The van der Waals surface area contributed by atoms with Crippen molar-refractivity contribution in [1.29, 1.82) is 0 Å². The Hall–Kier alpha value is -0.220. The van der Waals surface area contributed by atoms with Gasteiger partial charge in [-0.05, 0) is 0 Å². The molecule has 0 aliphatic rings. The summed E-state index contributed by atoms with van der Waals surface area (Å²) < 4.78 is 23.6. The Morgan fingerprint density at radius 1 is 1.70 bits per heavy atom. The van der Waals surface area contributed by atoms with Crippen LogP contribution in [0.25, 0.3) is 0 Å². The third-order valence-corrected chi connectivity index (χ3v) is 2.02. The summed E-state index contributed by atoms with van der Waals surface area (Å²) in [7, 11) is 0. The first kappa shape index (κ1) is 7.88. The SMILES string of the molecule is FC(F)Cc1cnc(Cl)s1. The number of alkyl halides is 2. The molecule has 0 aliphatic carbocycles. The van der Waals surface area contributed by atoms with Crippen molar-refractivity contribution in [3.05, 3.63) is 15.5 Å². The fourth-order valence-electron chi connectivity index (χ4n) is 0.530. The quantitative estimate of drug-likeness (QED) is 0.687. The summed E-state index contributed by atoms with van der Waals surface area (Å²) in [5.74, 6) is 0. The molecular formula is C5H4ClF2NS. The molecule has 1 aromatic heterocycles. The Kier molecular flexibility index (Phi) is 2.56.